The maximum absolute atomic E-state index is 12.4. The van der Waals surface area contributed by atoms with Gasteiger partial charge in [0, 0.05) is 19.7 Å². The molecule has 2 N–H and O–H groups in total. The molecule has 0 aliphatic heterocycles. The molecule has 0 saturated heterocycles. The van der Waals surface area contributed by atoms with Gasteiger partial charge in [0.1, 0.15) is 0 Å². The van der Waals surface area contributed by atoms with Crippen molar-refractivity contribution < 1.29 is 13.2 Å². The smallest absolute Gasteiger partial charge is 0.236 e. The monoisotopic (exact) mass is 312 g/mol. The number of para-hydroxylation sites is 1. The van der Waals surface area contributed by atoms with Gasteiger partial charge in [0.2, 0.25) is 10.0 Å². The van der Waals surface area contributed by atoms with E-state index in [1.165, 1.54) is 0 Å². The summed E-state index contributed by atoms with van der Waals surface area (Å²) in [6, 6.07) is 7.96. The third kappa shape index (κ3) is 4.98. The molecule has 1 atom stereocenters. The fraction of sp³-hybridized carbons (Fsp3) is 0.600. The fourth-order valence-corrected chi connectivity index (χ4v) is 3.06. The first-order valence-electron chi connectivity index (χ1n) is 7.35. The molecule has 1 aromatic rings. The molecular weight excluding hydrogens is 288 g/mol. The molecular formula is C15H24N2O3S. The molecule has 1 aromatic carbocycles. The van der Waals surface area contributed by atoms with Crippen molar-refractivity contribution in [3.63, 3.8) is 0 Å². The van der Waals surface area contributed by atoms with E-state index in [9.17, 15) is 8.42 Å². The number of sulfonamides is 1. The fourth-order valence-electron chi connectivity index (χ4n) is 2.03. The van der Waals surface area contributed by atoms with Gasteiger partial charge in [-0.3, -0.25) is 4.72 Å². The topological polar surface area (TPSA) is 67.4 Å². The Morgan fingerprint density at radius 2 is 2.05 bits per heavy atom. The summed E-state index contributed by atoms with van der Waals surface area (Å²) in [6.07, 6.45) is 2.99. The van der Waals surface area contributed by atoms with Crippen molar-refractivity contribution in [1.29, 1.82) is 0 Å². The zero-order valence-corrected chi connectivity index (χ0v) is 13.4. The summed E-state index contributed by atoms with van der Waals surface area (Å²) in [5.74, 6) is 0. The van der Waals surface area contributed by atoms with Crippen LogP contribution in [0.2, 0.25) is 0 Å². The Labute approximate surface area is 127 Å². The van der Waals surface area contributed by atoms with Crippen LogP contribution in [0.5, 0.6) is 0 Å². The molecule has 0 bridgehead atoms. The van der Waals surface area contributed by atoms with Crippen molar-refractivity contribution >= 4 is 15.7 Å². The van der Waals surface area contributed by atoms with E-state index in [1.54, 1.807) is 20.1 Å². The first kappa shape index (κ1) is 16.3. The Balaban J connectivity index is 2.00. The van der Waals surface area contributed by atoms with Crippen LogP contribution in [0.1, 0.15) is 25.3 Å². The summed E-state index contributed by atoms with van der Waals surface area (Å²) < 4.78 is 32.5. The first-order chi connectivity index (χ1) is 10.0. The zero-order valence-electron chi connectivity index (χ0n) is 12.6. The molecule has 118 valence electrons. The minimum atomic E-state index is -3.38. The molecule has 2 rings (SSSR count). The summed E-state index contributed by atoms with van der Waals surface area (Å²) >= 11 is 0. The van der Waals surface area contributed by atoms with E-state index in [-0.39, 0.29) is 0 Å². The average Bonchev–Trinajstić information content (AvgIpc) is 3.27. The summed E-state index contributed by atoms with van der Waals surface area (Å²) in [5, 5.41) is 2.79. The number of ether oxygens (including phenoxy) is 1. The molecule has 1 unspecified atom stereocenters. The number of hydrogen-bond acceptors (Lipinski definition) is 4. The van der Waals surface area contributed by atoms with Crippen LogP contribution in [0.4, 0.5) is 5.69 Å². The average molecular weight is 312 g/mol. The van der Waals surface area contributed by atoms with Gasteiger partial charge in [-0.1, -0.05) is 18.2 Å². The molecule has 21 heavy (non-hydrogen) atoms. The first-order valence-corrected chi connectivity index (χ1v) is 8.89. The zero-order chi connectivity index (χ0) is 15.3. The lowest BCUT2D eigenvalue weighted by atomic mass is 10.1. The highest BCUT2D eigenvalue weighted by Gasteiger charge is 2.26. The number of benzene rings is 1. The van der Waals surface area contributed by atoms with Crippen molar-refractivity contribution in [2.45, 2.75) is 37.5 Å². The van der Waals surface area contributed by atoms with Gasteiger partial charge in [-0.15, -0.1) is 0 Å². The highest BCUT2D eigenvalue weighted by Crippen LogP contribution is 2.20. The standard InChI is InChI=1S/C15H24N2O3S/c1-12(11-16-14-7-8-14)21(18,19)17-15-6-4-3-5-13(15)9-10-20-2/h3-6,12,14,16-17H,7-11H2,1-2H3. The lowest BCUT2D eigenvalue weighted by Gasteiger charge is -2.17. The van der Waals surface area contributed by atoms with Crippen molar-refractivity contribution in [3.8, 4) is 0 Å². The maximum atomic E-state index is 12.4. The van der Waals surface area contributed by atoms with Crippen molar-refractivity contribution in [2.75, 3.05) is 25.0 Å². The molecule has 0 aromatic heterocycles. The molecule has 5 nitrogen and oxygen atoms in total. The SMILES string of the molecule is COCCc1ccccc1NS(=O)(=O)C(C)CNC1CC1. The second-order valence-corrected chi connectivity index (χ2v) is 7.64. The molecule has 1 saturated carbocycles. The number of methoxy groups -OCH3 is 1. The Bertz CT molecular complexity index is 556. The Morgan fingerprint density at radius 3 is 2.71 bits per heavy atom. The largest absolute Gasteiger partial charge is 0.384 e. The third-order valence-corrected chi connectivity index (χ3v) is 5.38. The molecule has 1 aliphatic carbocycles. The molecule has 6 heteroatoms. The van der Waals surface area contributed by atoms with Gasteiger partial charge in [-0.05, 0) is 37.8 Å². The van der Waals surface area contributed by atoms with E-state index in [1.807, 2.05) is 18.2 Å². The lowest BCUT2D eigenvalue weighted by Crippen LogP contribution is -2.35. The van der Waals surface area contributed by atoms with E-state index >= 15 is 0 Å². The van der Waals surface area contributed by atoms with Crippen LogP contribution in [0.3, 0.4) is 0 Å². The number of rotatable bonds is 9. The van der Waals surface area contributed by atoms with Crippen molar-refractivity contribution in [3.05, 3.63) is 29.8 Å². The van der Waals surface area contributed by atoms with Gasteiger partial charge < -0.3 is 10.1 Å². The van der Waals surface area contributed by atoms with Crippen LogP contribution in [0.25, 0.3) is 0 Å². The lowest BCUT2D eigenvalue weighted by molar-refractivity contribution is 0.202. The third-order valence-electron chi connectivity index (χ3n) is 3.65. The molecule has 0 heterocycles. The highest BCUT2D eigenvalue weighted by atomic mass is 32.2. The minimum absolute atomic E-state index is 0.464. The van der Waals surface area contributed by atoms with Crippen molar-refractivity contribution in [1.82, 2.24) is 5.32 Å². The van der Waals surface area contributed by atoms with Crippen LogP contribution in [-0.4, -0.2) is 40.0 Å². The van der Waals surface area contributed by atoms with Crippen molar-refractivity contribution in [2.24, 2.45) is 0 Å². The van der Waals surface area contributed by atoms with Crippen LogP contribution in [0.15, 0.2) is 24.3 Å². The van der Waals surface area contributed by atoms with Crippen LogP contribution >= 0.6 is 0 Å². The highest BCUT2D eigenvalue weighted by molar-refractivity contribution is 7.93. The predicted octanol–water partition coefficient (Wildman–Crippen LogP) is 1.76. The minimum Gasteiger partial charge on any atom is -0.384 e. The van der Waals surface area contributed by atoms with E-state index in [0.717, 1.165) is 18.4 Å². The van der Waals surface area contributed by atoms with Crippen LogP contribution in [0, 0.1) is 0 Å². The maximum Gasteiger partial charge on any atom is 0.236 e. The van der Waals surface area contributed by atoms with Gasteiger partial charge in [0.15, 0.2) is 0 Å². The molecule has 0 radical (unpaired) electrons. The van der Waals surface area contributed by atoms with Gasteiger partial charge in [0.05, 0.1) is 17.5 Å². The van der Waals surface area contributed by atoms with E-state index in [4.69, 9.17) is 4.74 Å². The summed E-state index contributed by atoms with van der Waals surface area (Å²) in [4.78, 5) is 0. The number of hydrogen-bond donors (Lipinski definition) is 2. The molecule has 1 fully saturated rings. The van der Waals surface area contributed by atoms with Crippen LogP contribution < -0.4 is 10.0 Å². The normalized spacial score (nSPS) is 16.7. The second kappa shape index (κ2) is 7.24. The molecule has 0 spiro atoms. The Morgan fingerprint density at radius 1 is 1.33 bits per heavy atom. The quantitative estimate of drug-likeness (QED) is 0.729. The molecule has 0 amide bonds. The van der Waals surface area contributed by atoms with Gasteiger partial charge in [0.25, 0.3) is 0 Å². The number of anilines is 1. The van der Waals surface area contributed by atoms with Gasteiger partial charge in [-0.2, -0.15) is 0 Å². The van der Waals surface area contributed by atoms with E-state index in [2.05, 4.69) is 10.0 Å². The summed E-state index contributed by atoms with van der Waals surface area (Å²) in [5.41, 5.74) is 1.60. The van der Waals surface area contributed by atoms with E-state index in [0.29, 0.717) is 31.3 Å². The molecule has 1 aliphatic rings. The van der Waals surface area contributed by atoms with Gasteiger partial charge >= 0.3 is 0 Å². The Kier molecular flexibility index (Phi) is 5.61. The van der Waals surface area contributed by atoms with Gasteiger partial charge in [-0.25, -0.2) is 8.42 Å². The summed E-state index contributed by atoms with van der Waals surface area (Å²) in [7, 11) is -1.74. The second-order valence-electron chi connectivity index (χ2n) is 5.54. The van der Waals surface area contributed by atoms with E-state index < -0.39 is 15.3 Å². The van der Waals surface area contributed by atoms with Crippen LogP contribution in [-0.2, 0) is 21.2 Å². The number of nitrogens with one attached hydrogen (secondary N) is 2. The predicted molar refractivity (Wildman–Crippen MR) is 85.1 cm³/mol. The Hall–Kier alpha value is -1.11. The summed E-state index contributed by atoms with van der Waals surface area (Å²) in [6.45, 7) is 2.78.